The summed E-state index contributed by atoms with van der Waals surface area (Å²) in [4.78, 5) is 25.5. The zero-order chi connectivity index (χ0) is 18.6. The monoisotopic (exact) mass is 368 g/mol. The minimum Gasteiger partial charge on any atom is -0.480 e. The van der Waals surface area contributed by atoms with Gasteiger partial charge in [-0.1, -0.05) is 32.0 Å². The van der Waals surface area contributed by atoms with Crippen LogP contribution in [0.15, 0.2) is 35.2 Å². The maximum atomic E-state index is 12.8. The third-order valence-electron chi connectivity index (χ3n) is 4.18. The minimum atomic E-state index is -3.86. The van der Waals surface area contributed by atoms with E-state index < -0.39 is 34.0 Å². The highest BCUT2D eigenvalue weighted by molar-refractivity contribution is 7.89. The van der Waals surface area contributed by atoms with Gasteiger partial charge >= 0.3 is 5.97 Å². The van der Waals surface area contributed by atoms with Crippen molar-refractivity contribution in [2.24, 2.45) is 5.92 Å². The summed E-state index contributed by atoms with van der Waals surface area (Å²) in [5.41, 5.74) is 0. The van der Waals surface area contributed by atoms with E-state index in [2.05, 4.69) is 4.72 Å². The highest BCUT2D eigenvalue weighted by Crippen LogP contribution is 2.21. The molecule has 0 saturated carbocycles. The summed E-state index contributed by atoms with van der Waals surface area (Å²) < 4.78 is 27.6. The summed E-state index contributed by atoms with van der Waals surface area (Å²) >= 11 is 0. The molecule has 0 spiro atoms. The van der Waals surface area contributed by atoms with Crippen molar-refractivity contribution in [1.29, 1.82) is 0 Å². The Morgan fingerprint density at radius 2 is 1.92 bits per heavy atom. The standard InChI is InChI=1S/C17H24N2O5S/c1-12(2)11-14(16(20)19-10-6-9-15(19)17(21)22)18-25(23,24)13-7-4-3-5-8-13/h3-5,7-8,12,14-15,18H,6,9-11H2,1-2H3,(H,21,22)/t14?,15-/m0/s1. The SMILES string of the molecule is CC(C)CC(NS(=O)(=O)c1ccccc1)C(=O)N1CCC[C@H]1C(=O)O. The number of aliphatic carboxylic acids is 1. The van der Waals surface area contributed by atoms with Crippen LogP contribution < -0.4 is 4.72 Å². The zero-order valence-electron chi connectivity index (χ0n) is 14.4. The first-order valence-electron chi connectivity index (χ1n) is 8.33. The number of amides is 1. The summed E-state index contributed by atoms with van der Waals surface area (Å²) in [5.74, 6) is -1.46. The van der Waals surface area contributed by atoms with Crippen LogP contribution in [-0.4, -0.2) is 48.9 Å². The minimum absolute atomic E-state index is 0.0679. The van der Waals surface area contributed by atoms with Crippen molar-refractivity contribution < 1.29 is 23.1 Å². The molecule has 0 aliphatic carbocycles. The van der Waals surface area contributed by atoms with Crippen LogP contribution in [0.3, 0.4) is 0 Å². The first-order chi connectivity index (χ1) is 11.7. The number of sulfonamides is 1. The molecule has 1 aromatic carbocycles. The molecule has 0 radical (unpaired) electrons. The van der Waals surface area contributed by atoms with Crippen LogP contribution in [0.1, 0.15) is 33.1 Å². The predicted octanol–water partition coefficient (Wildman–Crippen LogP) is 1.46. The number of carbonyl (C=O) groups is 2. The van der Waals surface area contributed by atoms with Crippen LogP contribution in [0.25, 0.3) is 0 Å². The van der Waals surface area contributed by atoms with E-state index in [1.54, 1.807) is 18.2 Å². The van der Waals surface area contributed by atoms with Gasteiger partial charge in [-0.2, -0.15) is 4.72 Å². The number of benzene rings is 1. The quantitative estimate of drug-likeness (QED) is 0.758. The first-order valence-corrected chi connectivity index (χ1v) is 9.81. The van der Waals surface area contributed by atoms with Gasteiger partial charge in [-0.05, 0) is 37.3 Å². The van der Waals surface area contributed by atoms with Gasteiger partial charge in [0.15, 0.2) is 0 Å². The number of hydrogen-bond donors (Lipinski definition) is 2. The van der Waals surface area contributed by atoms with Crippen molar-refractivity contribution in [2.45, 2.75) is 50.1 Å². The fraction of sp³-hybridized carbons (Fsp3) is 0.529. The van der Waals surface area contributed by atoms with E-state index >= 15 is 0 Å². The Morgan fingerprint density at radius 3 is 2.48 bits per heavy atom. The maximum Gasteiger partial charge on any atom is 0.326 e. The molecular formula is C17H24N2O5S. The van der Waals surface area contributed by atoms with E-state index in [1.165, 1.54) is 17.0 Å². The van der Waals surface area contributed by atoms with E-state index in [0.717, 1.165) is 0 Å². The van der Waals surface area contributed by atoms with E-state index in [9.17, 15) is 23.1 Å². The molecule has 0 aromatic heterocycles. The average Bonchev–Trinajstić information content (AvgIpc) is 3.03. The van der Waals surface area contributed by atoms with Gasteiger partial charge in [-0.3, -0.25) is 4.79 Å². The molecular weight excluding hydrogens is 344 g/mol. The first kappa shape index (κ1) is 19.4. The number of hydrogen-bond acceptors (Lipinski definition) is 4. The average molecular weight is 368 g/mol. The lowest BCUT2D eigenvalue weighted by Gasteiger charge is -2.28. The van der Waals surface area contributed by atoms with Gasteiger partial charge in [0, 0.05) is 6.54 Å². The number of carboxylic acids is 1. The van der Waals surface area contributed by atoms with Crippen molar-refractivity contribution >= 4 is 21.9 Å². The molecule has 7 nitrogen and oxygen atoms in total. The Hall–Kier alpha value is -1.93. The Labute approximate surface area is 148 Å². The fourth-order valence-electron chi connectivity index (χ4n) is 3.01. The molecule has 138 valence electrons. The third kappa shape index (κ3) is 4.79. The van der Waals surface area contributed by atoms with Crippen molar-refractivity contribution in [2.75, 3.05) is 6.54 Å². The largest absolute Gasteiger partial charge is 0.480 e. The molecule has 1 saturated heterocycles. The summed E-state index contributed by atoms with van der Waals surface area (Å²) in [6.45, 7) is 4.10. The summed E-state index contributed by atoms with van der Waals surface area (Å²) in [6.07, 6.45) is 1.29. The van der Waals surface area contributed by atoms with Gasteiger partial charge in [-0.25, -0.2) is 13.2 Å². The van der Waals surface area contributed by atoms with Crippen molar-refractivity contribution in [3.05, 3.63) is 30.3 Å². The van der Waals surface area contributed by atoms with Crippen LogP contribution in [-0.2, 0) is 19.6 Å². The van der Waals surface area contributed by atoms with E-state index in [-0.39, 0.29) is 10.8 Å². The fourth-order valence-corrected chi connectivity index (χ4v) is 4.24. The van der Waals surface area contributed by atoms with Crippen molar-refractivity contribution in [3.63, 3.8) is 0 Å². The van der Waals surface area contributed by atoms with Gasteiger partial charge in [0.2, 0.25) is 15.9 Å². The summed E-state index contributed by atoms with van der Waals surface area (Å²) in [7, 11) is -3.86. The lowest BCUT2D eigenvalue weighted by Crippen LogP contribution is -2.52. The Kier molecular flexibility index (Phi) is 6.18. The van der Waals surface area contributed by atoms with Gasteiger partial charge in [0.05, 0.1) is 4.90 Å². The lowest BCUT2D eigenvalue weighted by molar-refractivity contribution is -0.149. The molecule has 1 aromatic rings. The number of rotatable bonds is 7. The van der Waals surface area contributed by atoms with E-state index in [4.69, 9.17) is 0 Å². The number of likely N-dealkylation sites (tertiary alicyclic amines) is 1. The highest BCUT2D eigenvalue weighted by Gasteiger charge is 2.38. The van der Waals surface area contributed by atoms with Gasteiger partial charge in [0.25, 0.3) is 0 Å². The lowest BCUT2D eigenvalue weighted by atomic mass is 10.0. The molecule has 2 atom stereocenters. The molecule has 2 N–H and O–H groups in total. The van der Waals surface area contributed by atoms with Crippen molar-refractivity contribution in [1.82, 2.24) is 9.62 Å². The van der Waals surface area contributed by atoms with Crippen molar-refractivity contribution in [3.8, 4) is 0 Å². The van der Waals surface area contributed by atoms with E-state index in [0.29, 0.717) is 25.8 Å². The van der Waals surface area contributed by atoms with Gasteiger partial charge in [0.1, 0.15) is 12.1 Å². The van der Waals surface area contributed by atoms with Crippen LogP contribution in [0, 0.1) is 5.92 Å². The second-order valence-corrected chi connectivity index (χ2v) is 8.36. The van der Waals surface area contributed by atoms with Gasteiger partial charge in [-0.15, -0.1) is 0 Å². The van der Waals surface area contributed by atoms with E-state index in [1.807, 2.05) is 13.8 Å². The predicted molar refractivity (Wildman–Crippen MR) is 92.4 cm³/mol. The van der Waals surface area contributed by atoms with Crippen LogP contribution in [0.4, 0.5) is 0 Å². The molecule has 1 amide bonds. The maximum absolute atomic E-state index is 12.8. The number of nitrogens with one attached hydrogen (secondary N) is 1. The number of carbonyl (C=O) groups excluding carboxylic acids is 1. The Balaban J connectivity index is 2.24. The molecule has 1 unspecified atom stereocenters. The number of nitrogens with zero attached hydrogens (tertiary/aromatic N) is 1. The van der Waals surface area contributed by atoms with Crippen LogP contribution in [0.5, 0.6) is 0 Å². The normalized spacial score (nSPS) is 19.2. The van der Waals surface area contributed by atoms with Crippen LogP contribution in [0.2, 0.25) is 0 Å². The third-order valence-corrected chi connectivity index (χ3v) is 5.66. The molecule has 1 aliphatic heterocycles. The molecule has 0 bridgehead atoms. The Morgan fingerprint density at radius 1 is 1.28 bits per heavy atom. The van der Waals surface area contributed by atoms with Gasteiger partial charge < -0.3 is 10.0 Å². The molecule has 8 heteroatoms. The van der Waals surface area contributed by atoms with Crippen LogP contribution >= 0.6 is 0 Å². The number of carboxylic acid groups (broad SMARTS) is 1. The topological polar surface area (TPSA) is 104 Å². The molecule has 1 aliphatic rings. The highest BCUT2D eigenvalue weighted by atomic mass is 32.2. The second kappa shape index (κ2) is 7.97. The Bertz CT molecular complexity index is 718. The molecule has 2 rings (SSSR count). The molecule has 1 heterocycles. The molecule has 1 fully saturated rings. The second-order valence-electron chi connectivity index (χ2n) is 6.64. The zero-order valence-corrected chi connectivity index (χ0v) is 15.2. The molecule has 25 heavy (non-hydrogen) atoms. The smallest absolute Gasteiger partial charge is 0.326 e. The summed E-state index contributed by atoms with van der Waals surface area (Å²) in [6, 6.07) is 5.96. The summed E-state index contributed by atoms with van der Waals surface area (Å²) in [5, 5.41) is 9.27.